The van der Waals surface area contributed by atoms with E-state index < -0.39 is 0 Å². The molecule has 0 bridgehead atoms. The molecule has 1 aromatic heterocycles. The number of aliphatic hydroxyl groups is 1. The first-order valence-electron chi connectivity index (χ1n) is 6.96. The van der Waals surface area contributed by atoms with Gasteiger partial charge in [0, 0.05) is 24.7 Å². The third kappa shape index (κ3) is 2.08. The summed E-state index contributed by atoms with van der Waals surface area (Å²) in [5.41, 5.74) is 6.40. The molecule has 0 saturated carbocycles. The van der Waals surface area contributed by atoms with Gasteiger partial charge in [0.05, 0.1) is 12.3 Å². The summed E-state index contributed by atoms with van der Waals surface area (Å²) < 4.78 is 2.08. The van der Waals surface area contributed by atoms with Crippen LogP contribution in [0.25, 0.3) is 11.3 Å². The number of aryl methyl sites for hydroxylation is 2. The monoisotopic (exact) mass is 256 g/mol. The Bertz CT molecular complexity index is 613. The molecule has 0 atom stereocenters. The average molecular weight is 256 g/mol. The van der Waals surface area contributed by atoms with E-state index in [9.17, 15) is 0 Å². The van der Waals surface area contributed by atoms with Crippen LogP contribution in [-0.2, 0) is 26.3 Å². The highest BCUT2D eigenvalue weighted by molar-refractivity contribution is 5.64. The topological polar surface area (TPSA) is 38.1 Å². The van der Waals surface area contributed by atoms with Crippen LogP contribution in [0.3, 0.4) is 0 Å². The Morgan fingerprint density at radius 1 is 1.26 bits per heavy atom. The van der Waals surface area contributed by atoms with Crippen LogP contribution in [0.5, 0.6) is 0 Å². The van der Waals surface area contributed by atoms with Gasteiger partial charge < -0.3 is 9.67 Å². The largest absolute Gasteiger partial charge is 0.396 e. The predicted octanol–water partition coefficient (Wildman–Crippen LogP) is 2.42. The number of aliphatic hydroxyl groups excluding tert-OH is 1. The second-order valence-electron chi connectivity index (χ2n) is 5.33. The van der Waals surface area contributed by atoms with Gasteiger partial charge in [-0.25, -0.2) is 4.98 Å². The number of hydrogen-bond acceptors (Lipinski definition) is 2. The lowest BCUT2D eigenvalue weighted by molar-refractivity contribution is 0.295. The number of rotatable bonds is 3. The van der Waals surface area contributed by atoms with Gasteiger partial charge in [0.15, 0.2) is 0 Å². The first-order chi connectivity index (χ1) is 9.20. The quantitative estimate of drug-likeness (QED) is 0.916. The number of imidazole rings is 1. The van der Waals surface area contributed by atoms with Gasteiger partial charge in [0.1, 0.15) is 5.82 Å². The molecule has 100 valence electrons. The van der Waals surface area contributed by atoms with Gasteiger partial charge in [0.25, 0.3) is 0 Å². The van der Waals surface area contributed by atoms with E-state index in [-0.39, 0.29) is 6.61 Å². The lowest BCUT2D eigenvalue weighted by Crippen LogP contribution is -2.01. The molecule has 0 unspecified atom stereocenters. The number of hydrogen-bond donors (Lipinski definition) is 1. The number of benzene rings is 1. The molecule has 1 aromatic carbocycles. The summed E-state index contributed by atoms with van der Waals surface area (Å²) >= 11 is 0. The Morgan fingerprint density at radius 2 is 2.05 bits per heavy atom. The fourth-order valence-corrected chi connectivity index (χ4v) is 2.95. The molecule has 3 heteroatoms. The van der Waals surface area contributed by atoms with Gasteiger partial charge in [-0.1, -0.05) is 12.1 Å². The van der Waals surface area contributed by atoms with Crippen molar-refractivity contribution in [3.8, 4) is 11.3 Å². The van der Waals surface area contributed by atoms with E-state index in [0.29, 0.717) is 6.42 Å². The summed E-state index contributed by atoms with van der Waals surface area (Å²) in [7, 11) is 2.02. The first-order valence-corrected chi connectivity index (χ1v) is 6.96. The fourth-order valence-electron chi connectivity index (χ4n) is 2.95. The minimum absolute atomic E-state index is 0.147. The smallest absolute Gasteiger partial charge is 0.111 e. The summed E-state index contributed by atoms with van der Waals surface area (Å²) in [6.07, 6.45) is 4.29. The SMILES string of the molecule is Cc1c(-c2ccc3c(c2)CCC3)nc(CCO)n1C. The number of nitrogens with zero attached hydrogens (tertiary/aromatic N) is 2. The van der Waals surface area contributed by atoms with Crippen LogP contribution in [0.4, 0.5) is 0 Å². The van der Waals surface area contributed by atoms with E-state index in [1.807, 2.05) is 7.05 Å². The Kier molecular flexibility index (Phi) is 3.15. The zero-order chi connectivity index (χ0) is 13.4. The van der Waals surface area contributed by atoms with Gasteiger partial charge in [-0.15, -0.1) is 0 Å². The zero-order valence-corrected chi connectivity index (χ0v) is 11.6. The molecule has 3 nitrogen and oxygen atoms in total. The van der Waals surface area contributed by atoms with E-state index in [4.69, 9.17) is 10.1 Å². The highest BCUT2D eigenvalue weighted by atomic mass is 16.3. The molecule has 0 radical (unpaired) electrons. The molecule has 0 aliphatic heterocycles. The van der Waals surface area contributed by atoms with E-state index in [0.717, 1.165) is 11.5 Å². The van der Waals surface area contributed by atoms with Gasteiger partial charge in [0.2, 0.25) is 0 Å². The molecule has 1 N–H and O–H groups in total. The van der Waals surface area contributed by atoms with Crippen molar-refractivity contribution in [1.82, 2.24) is 9.55 Å². The summed E-state index contributed by atoms with van der Waals surface area (Å²) in [5.74, 6) is 0.954. The Labute approximate surface area is 113 Å². The van der Waals surface area contributed by atoms with Crippen molar-refractivity contribution >= 4 is 0 Å². The summed E-state index contributed by atoms with van der Waals surface area (Å²) in [4.78, 5) is 4.70. The summed E-state index contributed by atoms with van der Waals surface area (Å²) in [6.45, 7) is 2.24. The maximum atomic E-state index is 9.09. The van der Waals surface area contributed by atoms with E-state index >= 15 is 0 Å². The van der Waals surface area contributed by atoms with Crippen LogP contribution in [0.2, 0.25) is 0 Å². The van der Waals surface area contributed by atoms with Crippen molar-refractivity contribution in [2.75, 3.05) is 6.61 Å². The maximum Gasteiger partial charge on any atom is 0.111 e. The van der Waals surface area contributed by atoms with Crippen LogP contribution in [0.1, 0.15) is 29.1 Å². The second-order valence-corrected chi connectivity index (χ2v) is 5.33. The van der Waals surface area contributed by atoms with Gasteiger partial charge >= 0.3 is 0 Å². The van der Waals surface area contributed by atoms with Crippen LogP contribution in [-0.4, -0.2) is 21.3 Å². The Balaban J connectivity index is 2.04. The molecule has 3 rings (SSSR count). The molecule has 0 fully saturated rings. The molecule has 19 heavy (non-hydrogen) atoms. The maximum absolute atomic E-state index is 9.09. The molecule has 1 aliphatic rings. The molecule has 0 amide bonds. The summed E-state index contributed by atoms with van der Waals surface area (Å²) in [5, 5.41) is 9.09. The van der Waals surface area contributed by atoms with E-state index in [2.05, 4.69) is 29.7 Å². The van der Waals surface area contributed by atoms with Crippen molar-refractivity contribution in [3.63, 3.8) is 0 Å². The van der Waals surface area contributed by atoms with Crippen molar-refractivity contribution in [3.05, 3.63) is 40.8 Å². The zero-order valence-electron chi connectivity index (χ0n) is 11.6. The van der Waals surface area contributed by atoms with Crippen LogP contribution in [0.15, 0.2) is 18.2 Å². The number of fused-ring (bicyclic) bond motifs is 1. The van der Waals surface area contributed by atoms with Crippen LogP contribution in [0, 0.1) is 6.92 Å². The number of aromatic nitrogens is 2. The molecule has 1 heterocycles. The van der Waals surface area contributed by atoms with Crippen molar-refractivity contribution in [2.45, 2.75) is 32.6 Å². The van der Waals surface area contributed by atoms with Gasteiger partial charge in [-0.3, -0.25) is 0 Å². The molecular formula is C16H20N2O. The molecule has 0 spiro atoms. The minimum atomic E-state index is 0.147. The Morgan fingerprint density at radius 3 is 2.84 bits per heavy atom. The Hall–Kier alpha value is -1.61. The van der Waals surface area contributed by atoms with Crippen molar-refractivity contribution < 1.29 is 5.11 Å². The van der Waals surface area contributed by atoms with Gasteiger partial charge in [-0.05, 0) is 43.4 Å². The standard InChI is InChI=1S/C16H20N2O/c1-11-16(17-15(8-9-19)18(11)2)14-7-6-12-4-3-5-13(12)10-14/h6-7,10,19H,3-5,8-9H2,1-2H3. The molecule has 2 aromatic rings. The van der Waals surface area contributed by atoms with E-state index in [1.54, 1.807) is 0 Å². The highest BCUT2D eigenvalue weighted by Gasteiger charge is 2.16. The van der Waals surface area contributed by atoms with Gasteiger partial charge in [-0.2, -0.15) is 0 Å². The van der Waals surface area contributed by atoms with Crippen LogP contribution < -0.4 is 0 Å². The predicted molar refractivity (Wildman–Crippen MR) is 76.2 cm³/mol. The average Bonchev–Trinajstić information content (AvgIpc) is 2.98. The fraction of sp³-hybridized carbons (Fsp3) is 0.438. The normalized spacial score (nSPS) is 13.8. The molecule has 1 aliphatic carbocycles. The highest BCUT2D eigenvalue weighted by Crippen LogP contribution is 2.29. The van der Waals surface area contributed by atoms with Crippen molar-refractivity contribution in [2.24, 2.45) is 7.05 Å². The lowest BCUT2D eigenvalue weighted by atomic mass is 10.0. The minimum Gasteiger partial charge on any atom is -0.396 e. The van der Waals surface area contributed by atoms with Crippen molar-refractivity contribution in [1.29, 1.82) is 0 Å². The third-order valence-electron chi connectivity index (χ3n) is 4.18. The second kappa shape index (κ2) is 4.82. The third-order valence-corrected chi connectivity index (χ3v) is 4.18. The first kappa shape index (κ1) is 12.4. The molecule has 0 saturated heterocycles. The lowest BCUT2D eigenvalue weighted by Gasteiger charge is -2.04. The molecular weight excluding hydrogens is 236 g/mol. The summed E-state index contributed by atoms with van der Waals surface area (Å²) in [6, 6.07) is 6.72. The van der Waals surface area contributed by atoms with Crippen LogP contribution >= 0.6 is 0 Å². The van der Waals surface area contributed by atoms with E-state index in [1.165, 1.54) is 41.6 Å².